The quantitative estimate of drug-likeness (QED) is 0.767. The van der Waals surface area contributed by atoms with Crippen molar-refractivity contribution in [2.75, 3.05) is 13.2 Å². The Kier molecular flexibility index (Phi) is 3.73. The van der Waals surface area contributed by atoms with E-state index in [4.69, 9.17) is 15.6 Å². The van der Waals surface area contributed by atoms with Gasteiger partial charge in [0.15, 0.2) is 17.5 Å². The Balaban J connectivity index is 3.29. The second-order valence-corrected chi connectivity index (χ2v) is 2.80. The highest BCUT2D eigenvalue weighted by atomic mass is 19.2. The minimum absolute atomic E-state index is 0.0275. The molecule has 0 unspecified atom stereocenters. The van der Waals surface area contributed by atoms with Crippen LogP contribution in [-0.2, 0) is 0 Å². The van der Waals surface area contributed by atoms with Gasteiger partial charge in [-0.25, -0.2) is 18.0 Å². The lowest BCUT2D eigenvalue weighted by molar-refractivity contribution is 0.0685. The van der Waals surface area contributed by atoms with E-state index in [-0.39, 0.29) is 13.2 Å². The molecular weight excluding hydrogens is 227 g/mol. The molecule has 0 fully saturated rings. The minimum atomic E-state index is -1.85. The summed E-state index contributed by atoms with van der Waals surface area (Å²) in [6.45, 7) is -0.107. The summed E-state index contributed by atoms with van der Waals surface area (Å²) in [5.74, 6) is -7.50. The lowest BCUT2D eigenvalue weighted by Gasteiger charge is -2.09. The molecule has 1 rings (SSSR count). The van der Waals surface area contributed by atoms with Crippen LogP contribution < -0.4 is 10.5 Å². The number of ether oxygens (including phenoxy) is 1. The number of carboxylic acids is 1. The van der Waals surface area contributed by atoms with E-state index in [1.54, 1.807) is 0 Å². The van der Waals surface area contributed by atoms with E-state index < -0.39 is 34.7 Å². The van der Waals surface area contributed by atoms with Gasteiger partial charge in [-0.05, 0) is 0 Å². The summed E-state index contributed by atoms with van der Waals surface area (Å²) in [6, 6.07) is 0.470. The molecule has 0 bridgehead atoms. The predicted molar refractivity (Wildman–Crippen MR) is 47.8 cm³/mol. The standard InChI is InChI=1S/C9H8F3NO3/c10-4-3-5(16-2-1-13)6(9(14)15)8(12)7(4)11/h3H,1-2,13H2,(H,14,15). The molecule has 1 aromatic carbocycles. The highest BCUT2D eigenvalue weighted by molar-refractivity contribution is 5.91. The van der Waals surface area contributed by atoms with Crippen LogP contribution in [0.1, 0.15) is 10.4 Å². The Morgan fingerprint density at radius 2 is 2.00 bits per heavy atom. The van der Waals surface area contributed by atoms with Gasteiger partial charge in [0.25, 0.3) is 0 Å². The van der Waals surface area contributed by atoms with E-state index >= 15 is 0 Å². The van der Waals surface area contributed by atoms with Gasteiger partial charge in [-0.2, -0.15) is 0 Å². The van der Waals surface area contributed by atoms with Crippen LogP contribution in [0, 0.1) is 17.5 Å². The molecule has 0 aliphatic heterocycles. The molecule has 0 saturated carbocycles. The number of hydrogen-bond donors (Lipinski definition) is 2. The van der Waals surface area contributed by atoms with Crippen molar-refractivity contribution in [1.82, 2.24) is 0 Å². The van der Waals surface area contributed by atoms with Crippen LogP contribution in [0.3, 0.4) is 0 Å². The van der Waals surface area contributed by atoms with E-state index in [0.717, 1.165) is 0 Å². The van der Waals surface area contributed by atoms with Crippen LogP contribution in [0.5, 0.6) is 5.75 Å². The molecule has 16 heavy (non-hydrogen) atoms. The van der Waals surface area contributed by atoms with Gasteiger partial charge >= 0.3 is 5.97 Å². The second kappa shape index (κ2) is 4.84. The molecule has 0 aliphatic carbocycles. The van der Waals surface area contributed by atoms with Crippen molar-refractivity contribution in [3.63, 3.8) is 0 Å². The SMILES string of the molecule is NCCOc1cc(F)c(F)c(F)c1C(=O)O. The highest BCUT2D eigenvalue weighted by Gasteiger charge is 2.24. The van der Waals surface area contributed by atoms with Gasteiger partial charge in [-0.15, -0.1) is 0 Å². The fourth-order valence-corrected chi connectivity index (χ4v) is 1.06. The number of aromatic carboxylic acids is 1. The smallest absolute Gasteiger partial charge is 0.342 e. The van der Waals surface area contributed by atoms with Crippen molar-refractivity contribution in [2.45, 2.75) is 0 Å². The minimum Gasteiger partial charge on any atom is -0.491 e. The number of halogens is 3. The molecule has 0 saturated heterocycles. The van der Waals surface area contributed by atoms with Gasteiger partial charge < -0.3 is 15.6 Å². The van der Waals surface area contributed by atoms with Crippen molar-refractivity contribution in [2.24, 2.45) is 5.73 Å². The largest absolute Gasteiger partial charge is 0.491 e. The molecule has 0 heterocycles. The molecule has 0 amide bonds. The third kappa shape index (κ3) is 2.25. The third-order valence-electron chi connectivity index (χ3n) is 1.72. The van der Waals surface area contributed by atoms with E-state index in [1.165, 1.54) is 0 Å². The van der Waals surface area contributed by atoms with Crippen molar-refractivity contribution in [3.8, 4) is 5.75 Å². The molecule has 1 aromatic rings. The number of nitrogens with two attached hydrogens (primary N) is 1. The van der Waals surface area contributed by atoms with Crippen LogP contribution in [0.15, 0.2) is 6.07 Å². The average Bonchev–Trinajstić information content (AvgIpc) is 2.22. The van der Waals surface area contributed by atoms with Gasteiger partial charge in [0.2, 0.25) is 0 Å². The first-order valence-electron chi connectivity index (χ1n) is 4.22. The first-order chi connectivity index (χ1) is 7.49. The van der Waals surface area contributed by atoms with E-state index in [1.807, 2.05) is 0 Å². The Bertz CT molecular complexity index is 423. The van der Waals surface area contributed by atoms with Crippen molar-refractivity contribution in [1.29, 1.82) is 0 Å². The summed E-state index contributed by atoms with van der Waals surface area (Å²) in [7, 11) is 0. The monoisotopic (exact) mass is 235 g/mol. The maximum atomic E-state index is 13.1. The Morgan fingerprint density at radius 1 is 1.38 bits per heavy atom. The first-order valence-corrected chi connectivity index (χ1v) is 4.22. The highest BCUT2D eigenvalue weighted by Crippen LogP contribution is 2.26. The topological polar surface area (TPSA) is 72.5 Å². The van der Waals surface area contributed by atoms with Crippen LogP contribution >= 0.6 is 0 Å². The van der Waals surface area contributed by atoms with Crippen molar-refractivity contribution in [3.05, 3.63) is 29.1 Å². The summed E-state index contributed by atoms with van der Waals surface area (Å²) in [5, 5.41) is 8.62. The number of benzene rings is 1. The van der Waals surface area contributed by atoms with E-state index in [0.29, 0.717) is 6.07 Å². The van der Waals surface area contributed by atoms with Crippen molar-refractivity contribution >= 4 is 5.97 Å². The van der Waals surface area contributed by atoms with Crippen molar-refractivity contribution < 1.29 is 27.8 Å². The average molecular weight is 235 g/mol. The molecule has 0 aliphatic rings. The Labute approximate surface area is 88.4 Å². The number of carboxylic acid groups (broad SMARTS) is 1. The third-order valence-corrected chi connectivity index (χ3v) is 1.72. The molecule has 88 valence electrons. The summed E-state index contributed by atoms with van der Waals surface area (Å²) >= 11 is 0. The zero-order chi connectivity index (χ0) is 12.3. The zero-order valence-corrected chi connectivity index (χ0v) is 7.97. The van der Waals surface area contributed by atoms with Crippen LogP contribution in [0.2, 0.25) is 0 Å². The summed E-state index contributed by atoms with van der Waals surface area (Å²) in [5.41, 5.74) is 4.03. The number of hydrogen-bond acceptors (Lipinski definition) is 3. The normalized spacial score (nSPS) is 10.2. The van der Waals surface area contributed by atoms with Crippen LogP contribution in [0.25, 0.3) is 0 Å². The maximum Gasteiger partial charge on any atom is 0.342 e. The number of rotatable bonds is 4. The van der Waals surface area contributed by atoms with Gasteiger partial charge in [0.05, 0.1) is 0 Å². The number of carbonyl (C=O) groups is 1. The summed E-state index contributed by atoms with van der Waals surface area (Å²) in [4.78, 5) is 10.6. The molecule has 0 atom stereocenters. The predicted octanol–water partition coefficient (Wildman–Crippen LogP) is 1.14. The van der Waals surface area contributed by atoms with Gasteiger partial charge in [0, 0.05) is 12.6 Å². The molecule has 0 spiro atoms. The summed E-state index contributed by atoms with van der Waals surface area (Å²) in [6.07, 6.45) is 0. The van der Waals surface area contributed by atoms with Crippen LogP contribution in [-0.4, -0.2) is 24.2 Å². The van der Waals surface area contributed by atoms with Gasteiger partial charge in [-0.1, -0.05) is 0 Å². The molecule has 3 N–H and O–H groups in total. The zero-order valence-electron chi connectivity index (χ0n) is 7.97. The summed E-state index contributed by atoms with van der Waals surface area (Å²) < 4.78 is 43.4. The molecular formula is C9H8F3NO3. The second-order valence-electron chi connectivity index (χ2n) is 2.80. The fourth-order valence-electron chi connectivity index (χ4n) is 1.06. The maximum absolute atomic E-state index is 13.1. The van der Waals surface area contributed by atoms with E-state index in [2.05, 4.69) is 0 Å². The first kappa shape index (κ1) is 12.3. The molecule has 4 nitrogen and oxygen atoms in total. The van der Waals surface area contributed by atoms with Gasteiger partial charge in [-0.3, -0.25) is 0 Å². The molecule has 7 heteroatoms. The Hall–Kier alpha value is -1.76. The fraction of sp³-hybridized carbons (Fsp3) is 0.222. The lowest BCUT2D eigenvalue weighted by Crippen LogP contribution is -2.14. The van der Waals surface area contributed by atoms with Crippen LogP contribution in [0.4, 0.5) is 13.2 Å². The molecule has 0 radical (unpaired) electrons. The Morgan fingerprint density at radius 3 is 2.50 bits per heavy atom. The molecule has 0 aromatic heterocycles. The van der Waals surface area contributed by atoms with E-state index in [9.17, 15) is 18.0 Å². The van der Waals surface area contributed by atoms with Gasteiger partial charge in [0.1, 0.15) is 17.9 Å². The lowest BCUT2D eigenvalue weighted by atomic mass is 10.1.